The van der Waals surface area contributed by atoms with Crippen molar-refractivity contribution in [3.05, 3.63) is 64.3 Å². The molecule has 0 atom stereocenters. The van der Waals surface area contributed by atoms with Gasteiger partial charge in [0, 0.05) is 23.0 Å². The van der Waals surface area contributed by atoms with Crippen LogP contribution in [0, 0.1) is 0 Å². The van der Waals surface area contributed by atoms with Gasteiger partial charge in [-0.25, -0.2) is 9.78 Å². The molecule has 0 saturated heterocycles. The van der Waals surface area contributed by atoms with Crippen LogP contribution in [0.3, 0.4) is 0 Å². The van der Waals surface area contributed by atoms with Crippen LogP contribution in [0.4, 0.5) is 0 Å². The van der Waals surface area contributed by atoms with Crippen LogP contribution in [0.15, 0.2) is 57.4 Å². The number of ether oxygens (including phenoxy) is 2. The van der Waals surface area contributed by atoms with E-state index >= 15 is 0 Å². The van der Waals surface area contributed by atoms with E-state index in [0.717, 1.165) is 0 Å². The normalized spacial score (nSPS) is 12.3. The summed E-state index contributed by atoms with van der Waals surface area (Å²) in [6.45, 7) is 4.00. The van der Waals surface area contributed by atoms with Gasteiger partial charge in [-0.3, -0.25) is 0 Å². The third kappa shape index (κ3) is 3.58. The Balaban J connectivity index is 1.65. The summed E-state index contributed by atoms with van der Waals surface area (Å²) < 4.78 is 17.2. The van der Waals surface area contributed by atoms with Crippen molar-refractivity contribution in [3.8, 4) is 23.0 Å². The molecule has 0 aliphatic carbocycles. The molecule has 1 aliphatic rings. The van der Waals surface area contributed by atoms with E-state index in [0.29, 0.717) is 38.4 Å². The molecule has 27 heavy (non-hydrogen) atoms. The first-order chi connectivity index (χ1) is 13.2. The first-order valence-corrected chi connectivity index (χ1v) is 9.37. The first-order valence-electron chi connectivity index (χ1n) is 8.01. The predicted octanol–water partition coefficient (Wildman–Crippen LogP) is 3.61. The van der Waals surface area contributed by atoms with Crippen LogP contribution in [-0.2, 0) is 6.54 Å². The van der Waals surface area contributed by atoms with Crippen molar-refractivity contribution in [1.82, 2.24) is 14.8 Å². The number of benzene rings is 1. The third-order valence-corrected chi connectivity index (χ3v) is 5.16. The van der Waals surface area contributed by atoms with Gasteiger partial charge in [0.25, 0.3) is 5.89 Å². The summed E-state index contributed by atoms with van der Waals surface area (Å²) in [5.41, 5.74) is 1.33. The lowest BCUT2D eigenvalue weighted by Crippen LogP contribution is -2.16. The third-order valence-electron chi connectivity index (χ3n) is 3.81. The molecule has 138 valence electrons. The highest BCUT2D eigenvalue weighted by Crippen LogP contribution is 2.37. The number of fused-ring (bicyclic) bond motifs is 1. The van der Waals surface area contributed by atoms with Gasteiger partial charge in [-0.1, -0.05) is 17.7 Å². The average Bonchev–Trinajstić information content (AvgIpc) is 3.27. The topological polar surface area (TPSA) is 79.4 Å². The standard InChI is InChI=1S/C18H14ClN3O4S/c1-2-6-27-17-12(4-3-5-20-17)16-21-22(18(23)26-16)9-11-7-14-15(8-13(11)19)25-10-24-14/h2-5,7-8H,1,6,9-10H2. The highest BCUT2D eigenvalue weighted by atomic mass is 35.5. The largest absolute Gasteiger partial charge is 0.454 e. The van der Waals surface area contributed by atoms with Crippen LogP contribution in [-0.4, -0.2) is 27.3 Å². The van der Waals surface area contributed by atoms with E-state index in [4.69, 9.17) is 25.5 Å². The highest BCUT2D eigenvalue weighted by molar-refractivity contribution is 7.99. The molecule has 1 aliphatic heterocycles. The van der Waals surface area contributed by atoms with Crippen LogP contribution in [0.25, 0.3) is 11.5 Å². The van der Waals surface area contributed by atoms with Crippen molar-refractivity contribution in [2.75, 3.05) is 12.5 Å². The van der Waals surface area contributed by atoms with Crippen molar-refractivity contribution in [2.45, 2.75) is 11.6 Å². The molecule has 0 unspecified atom stereocenters. The zero-order chi connectivity index (χ0) is 18.8. The van der Waals surface area contributed by atoms with Gasteiger partial charge < -0.3 is 13.9 Å². The second-order valence-corrected chi connectivity index (χ2v) is 7.00. The van der Waals surface area contributed by atoms with E-state index in [1.54, 1.807) is 30.5 Å². The molecule has 2 aromatic heterocycles. The first kappa shape index (κ1) is 17.7. The van der Waals surface area contributed by atoms with Crippen LogP contribution < -0.4 is 15.2 Å². The zero-order valence-electron chi connectivity index (χ0n) is 14.1. The zero-order valence-corrected chi connectivity index (χ0v) is 15.6. The van der Waals surface area contributed by atoms with Gasteiger partial charge in [0.2, 0.25) is 6.79 Å². The summed E-state index contributed by atoms with van der Waals surface area (Å²) in [4.78, 5) is 16.6. The van der Waals surface area contributed by atoms with Gasteiger partial charge in [-0.15, -0.1) is 23.4 Å². The summed E-state index contributed by atoms with van der Waals surface area (Å²) in [5.74, 6) is 1.47. The Morgan fingerprint density at radius 1 is 1.33 bits per heavy atom. The molecule has 0 amide bonds. The molecule has 1 aromatic carbocycles. The number of thioether (sulfide) groups is 1. The quantitative estimate of drug-likeness (QED) is 0.459. The smallest absolute Gasteiger partial charge is 0.437 e. The molecule has 0 N–H and O–H groups in total. The van der Waals surface area contributed by atoms with E-state index in [1.807, 2.05) is 6.07 Å². The Morgan fingerprint density at radius 3 is 2.96 bits per heavy atom. The molecular formula is C18H14ClN3O4S. The molecule has 4 rings (SSSR count). The van der Waals surface area contributed by atoms with Crippen molar-refractivity contribution >= 4 is 23.4 Å². The predicted molar refractivity (Wildman–Crippen MR) is 102 cm³/mol. The summed E-state index contributed by atoms with van der Waals surface area (Å²) in [7, 11) is 0. The maximum Gasteiger partial charge on any atom is 0.437 e. The van der Waals surface area contributed by atoms with Crippen LogP contribution in [0.5, 0.6) is 11.5 Å². The van der Waals surface area contributed by atoms with Gasteiger partial charge in [-0.2, -0.15) is 4.68 Å². The molecule has 0 fully saturated rings. The van der Waals surface area contributed by atoms with E-state index in [2.05, 4.69) is 16.7 Å². The highest BCUT2D eigenvalue weighted by Gasteiger charge is 2.19. The minimum absolute atomic E-state index is 0.146. The van der Waals surface area contributed by atoms with Crippen LogP contribution in [0.2, 0.25) is 5.02 Å². The van der Waals surface area contributed by atoms with Crippen molar-refractivity contribution in [1.29, 1.82) is 0 Å². The number of aromatic nitrogens is 3. The Morgan fingerprint density at radius 2 is 2.15 bits per heavy atom. The van der Waals surface area contributed by atoms with Crippen molar-refractivity contribution < 1.29 is 13.9 Å². The molecule has 3 aromatic rings. The molecular weight excluding hydrogens is 390 g/mol. The van der Waals surface area contributed by atoms with Crippen molar-refractivity contribution in [3.63, 3.8) is 0 Å². The summed E-state index contributed by atoms with van der Waals surface area (Å²) in [6, 6.07) is 6.97. The molecule has 7 nitrogen and oxygen atoms in total. The maximum atomic E-state index is 12.3. The fourth-order valence-electron chi connectivity index (χ4n) is 2.56. The second-order valence-electron chi connectivity index (χ2n) is 5.58. The van der Waals surface area contributed by atoms with E-state index in [1.165, 1.54) is 16.4 Å². The average molecular weight is 404 g/mol. The van der Waals surface area contributed by atoms with Gasteiger partial charge >= 0.3 is 5.76 Å². The molecule has 0 spiro atoms. The Hall–Kier alpha value is -2.71. The van der Waals surface area contributed by atoms with E-state index in [-0.39, 0.29) is 19.2 Å². The van der Waals surface area contributed by atoms with Gasteiger partial charge in [0.1, 0.15) is 5.03 Å². The number of rotatable bonds is 6. The number of hydrogen-bond acceptors (Lipinski definition) is 7. The fraction of sp³-hybridized carbons (Fsp3) is 0.167. The number of halogens is 1. The summed E-state index contributed by atoms with van der Waals surface area (Å²) >= 11 is 7.77. The molecule has 3 heterocycles. The molecule has 9 heteroatoms. The van der Waals surface area contributed by atoms with E-state index < -0.39 is 5.76 Å². The van der Waals surface area contributed by atoms with Crippen LogP contribution >= 0.6 is 23.4 Å². The lowest BCUT2D eigenvalue weighted by molar-refractivity contribution is 0.174. The van der Waals surface area contributed by atoms with Gasteiger partial charge in [0.15, 0.2) is 11.5 Å². The Kier molecular flexibility index (Phi) is 4.91. The van der Waals surface area contributed by atoms with Gasteiger partial charge in [0.05, 0.1) is 12.1 Å². The molecule has 0 saturated carbocycles. The number of hydrogen-bond donors (Lipinski definition) is 0. The molecule has 0 radical (unpaired) electrons. The maximum absolute atomic E-state index is 12.3. The monoisotopic (exact) mass is 403 g/mol. The lowest BCUT2D eigenvalue weighted by Gasteiger charge is -2.05. The summed E-state index contributed by atoms with van der Waals surface area (Å²) in [6.07, 6.45) is 3.45. The van der Waals surface area contributed by atoms with Crippen LogP contribution in [0.1, 0.15) is 5.56 Å². The fourth-order valence-corrected chi connectivity index (χ4v) is 3.50. The van der Waals surface area contributed by atoms with Crippen molar-refractivity contribution in [2.24, 2.45) is 0 Å². The Labute approximate surface area is 163 Å². The van der Waals surface area contributed by atoms with E-state index in [9.17, 15) is 4.79 Å². The minimum Gasteiger partial charge on any atom is -0.454 e. The number of nitrogens with zero attached hydrogens (tertiary/aromatic N) is 3. The number of pyridine rings is 1. The SMILES string of the molecule is C=CCSc1ncccc1-c1nn(Cc2cc3c(cc2Cl)OCO3)c(=O)o1. The summed E-state index contributed by atoms with van der Waals surface area (Å²) in [5, 5.41) is 5.48. The van der Waals surface area contributed by atoms with Gasteiger partial charge in [-0.05, 0) is 23.8 Å². The lowest BCUT2D eigenvalue weighted by atomic mass is 10.2. The minimum atomic E-state index is -0.581. The Bertz CT molecular complexity index is 1060. The molecule has 0 bridgehead atoms. The second kappa shape index (κ2) is 7.50.